The van der Waals surface area contributed by atoms with E-state index in [2.05, 4.69) is 5.32 Å². The third-order valence-electron chi connectivity index (χ3n) is 4.47. The summed E-state index contributed by atoms with van der Waals surface area (Å²) in [4.78, 5) is 12.9. The number of halogens is 2. The Hall–Kier alpha value is -2.54. The lowest BCUT2D eigenvalue weighted by molar-refractivity contribution is -0.114. The van der Waals surface area contributed by atoms with Gasteiger partial charge in [-0.2, -0.15) is 0 Å². The number of hydrogen-bond donors (Lipinski definition) is 1. The SMILES string of the molecule is Cc1ccc(S(=O)(=O)N(CC(=O)Nc2ccc(Cl)cc2C)c2ccc(Cl)cc2)cc1. The smallest absolute Gasteiger partial charge is 0.264 e. The van der Waals surface area contributed by atoms with Crippen molar-refractivity contribution in [2.75, 3.05) is 16.2 Å². The van der Waals surface area contributed by atoms with Crippen molar-refractivity contribution in [3.63, 3.8) is 0 Å². The summed E-state index contributed by atoms with van der Waals surface area (Å²) in [5.74, 6) is -0.481. The van der Waals surface area contributed by atoms with E-state index in [1.807, 2.05) is 13.8 Å². The Morgan fingerprint density at radius 1 is 0.900 bits per heavy atom. The van der Waals surface area contributed by atoms with E-state index in [9.17, 15) is 13.2 Å². The van der Waals surface area contributed by atoms with E-state index in [4.69, 9.17) is 23.2 Å². The van der Waals surface area contributed by atoms with Gasteiger partial charge in [0.25, 0.3) is 10.0 Å². The number of nitrogens with one attached hydrogen (secondary N) is 1. The first-order chi connectivity index (χ1) is 14.2. The molecule has 0 aliphatic carbocycles. The van der Waals surface area contributed by atoms with Crippen LogP contribution in [0.25, 0.3) is 0 Å². The molecule has 3 rings (SSSR count). The van der Waals surface area contributed by atoms with Gasteiger partial charge >= 0.3 is 0 Å². The van der Waals surface area contributed by atoms with E-state index in [1.165, 1.54) is 12.1 Å². The summed E-state index contributed by atoms with van der Waals surface area (Å²) in [7, 11) is -3.98. The molecule has 0 aromatic heterocycles. The second-order valence-corrected chi connectivity index (χ2v) is 9.54. The van der Waals surface area contributed by atoms with Gasteiger partial charge in [0.15, 0.2) is 0 Å². The highest BCUT2D eigenvalue weighted by Crippen LogP contribution is 2.26. The van der Waals surface area contributed by atoms with Gasteiger partial charge in [-0.05, 0) is 74.0 Å². The number of hydrogen-bond acceptors (Lipinski definition) is 3. The van der Waals surface area contributed by atoms with E-state index in [0.29, 0.717) is 21.4 Å². The molecule has 0 heterocycles. The highest BCUT2D eigenvalue weighted by atomic mass is 35.5. The maximum atomic E-state index is 13.3. The lowest BCUT2D eigenvalue weighted by Crippen LogP contribution is -2.38. The second-order valence-electron chi connectivity index (χ2n) is 6.81. The Kier molecular flexibility index (Phi) is 6.71. The highest BCUT2D eigenvalue weighted by Gasteiger charge is 2.27. The van der Waals surface area contributed by atoms with Crippen LogP contribution in [-0.2, 0) is 14.8 Å². The zero-order valence-corrected chi connectivity index (χ0v) is 18.7. The number of nitrogens with zero attached hydrogens (tertiary/aromatic N) is 1. The van der Waals surface area contributed by atoms with Crippen molar-refractivity contribution >= 4 is 50.5 Å². The Bertz CT molecular complexity index is 1160. The van der Waals surface area contributed by atoms with Crippen LogP contribution in [0.5, 0.6) is 0 Å². The molecule has 30 heavy (non-hydrogen) atoms. The zero-order chi connectivity index (χ0) is 21.9. The average Bonchev–Trinajstić information content (AvgIpc) is 2.69. The molecule has 3 aromatic rings. The van der Waals surface area contributed by atoms with Crippen LogP contribution in [0.2, 0.25) is 10.0 Å². The summed E-state index contributed by atoms with van der Waals surface area (Å²) in [6.45, 7) is 3.27. The van der Waals surface area contributed by atoms with Gasteiger partial charge in [0, 0.05) is 15.7 Å². The standard InChI is InChI=1S/C22H20Cl2N2O3S/c1-15-3-10-20(11-4-15)30(28,29)26(19-8-5-17(23)6-9-19)14-22(27)25-21-12-7-18(24)13-16(21)2/h3-13H,14H2,1-2H3,(H,25,27). The van der Waals surface area contributed by atoms with Crippen LogP contribution in [0.3, 0.4) is 0 Å². The van der Waals surface area contributed by atoms with Gasteiger partial charge in [-0.15, -0.1) is 0 Å². The van der Waals surface area contributed by atoms with E-state index in [0.717, 1.165) is 15.4 Å². The van der Waals surface area contributed by atoms with Crippen LogP contribution in [-0.4, -0.2) is 20.9 Å². The van der Waals surface area contributed by atoms with Crippen molar-refractivity contribution in [2.24, 2.45) is 0 Å². The largest absolute Gasteiger partial charge is 0.324 e. The Morgan fingerprint density at radius 2 is 1.50 bits per heavy atom. The van der Waals surface area contributed by atoms with Crippen LogP contribution in [0.4, 0.5) is 11.4 Å². The number of amides is 1. The number of carbonyl (C=O) groups is 1. The van der Waals surface area contributed by atoms with Gasteiger partial charge in [-0.25, -0.2) is 8.42 Å². The molecular weight excluding hydrogens is 443 g/mol. The average molecular weight is 463 g/mol. The van der Waals surface area contributed by atoms with Gasteiger partial charge in [-0.1, -0.05) is 40.9 Å². The number of aryl methyl sites for hydroxylation is 2. The summed E-state index contributed by atoms with van der Waals surface area (Å²) < 4.78 is 27.7. The minimum atomic E-state index is -3.98. The molecule has 0 aliphatic heterocycles. The normalized spacial score (nSPS) is 11.2. The van der Waals surface area contributed by atoms with Gasteiger partial charge in [0.05, 0.1) is 10.6 Å². The summed E-state index contributed by atoms with van der Waals surface area (Å²) in [6.07, 6.45) is 0. The summed E-state index contributed by atoms with van der Waals surface area (Å²) in [6, 6.07) is 17.8. The number of benzene rings is 3. The molecule has 0 fully saturated rings. The van der Waals surface area contributed by atoms with Gasteiger partial charge in [0.2, 0.25) is 5.91 Å². The molecule has 3 aromatic carbocycles. The zero-order valence-electron chi connectivity index (χ0n) is 16.4. The monoisotopic (exact) mass is 462 g/mol. The maximum absolute atomic E-state index is 13.3. The molecular formula is C22H20Cl2N2O3S. The predicted octanol–water partition coefficient (Wildman–Crippen LogP) is 5.44. The van der Waals surface area contributed by atoms with Crippen LogP contribution in [0.1, 0.15) is 11.1 Å². The number of anilines is 2. The molecule has 5 nitrogen and oxygen atoms in total. The quantitative estimate of drug-likeness (QED) is 0.529. The van der Waals surface area contributed by atoms with E-state index < -0.39 is 22.5 Å². The first-order valence-electron chi connectivity index (χ1n) is 9.08. The molecule has 0 spiro atoms. The predicted molar refractivity (Wildman–Crippen MR) is 122 cm³/mol. The first kappa shape index (κ1) is 22.2. The van der Waals surface area contributed by atoms with Crippen molar-refractivity contribution in [1.29, 1.82) is 0 Å². The van der Waals surface area contributed by atoms with Crippen molar-refractivity contribution in [2.45, 2.75) is 18.7 Å². The Balaban J connectivity index is 1.94. The van der Waals surface area contributed by atoms with Gasteiger partial charge < -0.3 is 5.32 Å². The fourth-order valence-corrected chi connectivity index (χ4v) is 4.62. The van der Waals surface area contributed by atoms with E-state index in [1.54, 1.807) is 54.6 Å². The van der Waals surface area contributed by atoms with Crippen LogP contribution >= 0.6 is 23.2 Å². The van der Waals surface area contributed by atoms with Crippen molar-refractivity contribution in [1.82, 2.24) is 0 Å². The number of carbonyl (C=O) groups excluding carboxylic acids is 1. The molecule has 1 amide bonds. The van der Waals surface area contributed by atoms with Gasteiger partial charge in [-0.3, -0.25) is 9.10 Å². The third kappa shape index (κ3) is 5.14. The lowest BCUT2D eigenvalue weighted by Gasteiger charge is -2.24. The molecule has 156 valence electrons. The summed E-state index contributed by atoms with van der Waals surface area (Å²) in [5.41, 5.74) is 2.61. The number of sulfonamides is 1. The van der Waals surface area contributed by atoms with Crippen LogP contribution < -0.4 is 9.62 Å². The molecule has 8 heteroatoms. The maximum Gasteiger partial charge on any atom is 0.264 e. The van der Waals surface area contributed by atoms with E-state index in [-0.39, 0.29) is 4.90 Å². The minimum Gasteiger partial charge on any atom is -0.324 e. The summed E-state index contributed by atoms with van der Waals surface area (Å²) >= 11 is 11.9. The molecule has 0 saturated carbocycles. The molecule has 1 N–H and O–H groups in total. The second kappa shape index (κ2) is 9.08. The van der Waals surface area contributed by atoms with Crippen molar-refractivity contribution in [3.8, 4) is 0 Å². The van der Waals surface area contributed by atoms with Crippen molar-refractivity contribution in [3.05, 3.63) is 87.9 Å². The van der Waals surface area contributed by atoms with Crippen molar-refractivity contribution < 1.29 is 13.2 Å². The molecule has 0 saturated heterocycles. The fraction of sp³-hybridized carbons (Fsp3) is 0.136. The third-order valence-corrected chi connectivity index (χ3v) is 6.75. The Morgan fingerprint density at radius 3 is 2.10 bits per heavy atom. The summed E-state index contributed by atoms with van der Waals surface area (Å²) in [5, 5.41) is 3.77. The topological polar surface area (TPSA) is 66.5 Å². The molecule has 0 radical (unpaired) electrons. The minimum absolute atomic E-state index is 0.0959. The van der Waals surface area contributed by atoms with E-state index >= 15 is 0 Å². The molecule has 0 aliphatic rings. The molecule has 0 unspecified atom stereocenters. The first-order valence-corrected chi connectivity index (χ1v) is 11.3. The highest BCUT2D eigenvalue weighted by molar-refractivity contribution is 7.92. The lowest BCUT2D eigenvalue weighted by atomic mass is 10.2. The molecule has 0 bridgehead atoms. The van der Waals surface area contributed by atoms with Crippen LogP contribution in [0, 0.1) is 13.8 Å². The van der Waals surface area contributed by atoms with Gasteiger partial charge in [0.1, 0.15) is 6.54 Å². The molecule has 0 atom stereocenters. The Labute approximate surface area is 186 Å². The van der Waals surface area contributed by atoms with Crippen LogP contribution in [0.15, 0.2) is 71.6 Å². The number of rotatable bonds is 6. The fourth-order valence-electron chi connectivity index (χ4n) is 2.85.